The molecule has 0 radical (unpaired) electrons. The number of hydrogen-bond acceptors (Lipinski definition) is 0. The number of fused-ring (bicyclic) bond motifs is 1. The van der Waals surface area contributed by atoms with Crippen molar-refractivity contribution in [1.29, 1.82) is 0 Å². The van der Waals surface area contributed by atoms with E-state index in [4.69, 9.17) is 0 Å². The molecule has 1 aromatic heterocycles. The van der Waals surface area contributed by atoms with E-state index < -0.39 is 0 Å². The SMILES string of the molecule is C=C/C=C\C.C=CCC(C)CC(=C)/C=C\C(=C)C.CC.CC.CC.CC.CCc1c[nH]c2ccccc12. The van der Waals surface area contributed by atoms with Gasteiger partial charge in [-0.3, -0.25) is 0 Å². The van der Waals surface area contributed by atoms with Crippen LogP contribution in [0.1, 0.15) is 101 Å². The average molecular weight is 510 g/mol. The van der Waals surface area contributed by atoms with Crippen molar-refractivity contribution in [3.8, 4) is 0 Å². The first-order chi connectivity index (χ1) is 17.9. The maximum absolute atomic E-state index is 3.99. The van der Waals surface area contributed by atoms with Crippen LogP contribution in [0.4, 0.5) is 0 Å². The van der Waals surface area contributed by atoms with E-state index in [0.717, 1.165) is 30.4 Å². The number of benzene rings is 1. The number of aryl methyl sites for hydroxylation is 1. The first kappa shape index (κ1) is 44.2. The molecule has 0 aliphatic rings. The summed E-state index contributed by atoms with van der Waals surface area (Å²) >= 11 is 0. The highest BCUT2D eigenvalue weighted by molar-refractivity contribution is 5.82. The van der Waals surface area contributed by atoms with Crippen molar-refractivity contribution in [3.05, 3.63) is 110 Å². The van der Waals surface area contributed by atoms with Crippen molar-refractivity contribution in [3.63, 3.8) is 0 Å². The molecule has 0 aliphatic heterocycles. The van der Waals surface area contributed by atoms with Gasteiger partial charge >= 0.3 is 0 Å². The quantitative estimate of drug-likeness (QED) is 0.269. The lowest BCUT2D eigenvalue weighted by Crippen LogP contribution is -1.92. The number of aromatic amines is 1. The summed E-state index contributed by atoms with van der Waals surface area (Å²) in [5.41, 5.74) is 4.87. The minimum Gasteiger partial charge on any atom is -0.361 e. The second-order valence-electron chi connectivity index (χ2n) is 7.15. The summed E-state index contributed by atoms with van der Waals surface area (Å²) in [5.74, 6) is 0.639. The standard InChI is InChI=1S/C13H20.C10H11N.C5H8.4C2H6/c1-6-7-12(4)10-13(5)9-8-11(2)3;1-2-8-7-11-10-6-4-3-5-9(8)10;1-3-5-4-2;4*1-2/h6,8-9,12H,1-2,5,7,10H2,3-4H3;3-7,11H,2H2,1H3;3-5H,1H2,2H3;4*1-2H3/b9-8-;;5-4-;;;;. The number of H-pyrrole nitrogens is 1. The van der Waals surface area contributed by atoms with Gasteiger partial charge in [-0.25, -0.2) is 0 Å². The summed E-state index contributed by atoms with van der Waals surface area (Å²) in [4.78, 5) is 3.24. The van der Waals surface area contributed by atoms with Gasteiger partial charge in [-0.1, -0.05) is 155 Å². The van der Waals surface area contributed by atoms with Crippen LogP contribution in [0.15, 0.2) is 104 Å². The maximum Gasteiger partial charge on any atom is 0.0456 e. The molecule has 1 unspecified atom stereocenters. The summed E-state index contributed by atoms with van der Waals surface area (Å²) in [7, 11) is 0. The second-order valence-corrected chi connectivity index (χ2v) is 7.15. The predicted octanol–water partition coefficient (Wildman–Crippen LogP) is 12.9. The number of nitrogens with one attached hydrogen (secondary N) is 1. The first-order valence-electron chi connectivity index (χ1n) is 14.3. The van der Waals surface area contributed by atoms with Crippen molar-refractivity contribution in [2.45, 2.75) is 102 Å². The molecule has 2 aromatic rings. The average Bonchev–Trinajstić information content (AvgIpc) is 3.37. The molecule has 0 fully saturated rings. The number of para-hydroxylation sites is 1. The van der Waals surface area contributed by atoms with Crippen molar-refractivity contribution >= 4 is 10.9 Å². The molecule has 0 amide bonds. The molecule has 37 heavy (non-hydrogen) atoms. The Hall–Kier alpha value is -2.80. The van der Waals surface area contributed by atoms with E-state index in [0.29, 0.717) is 5.92 Å². The van der Waals surface area contributed by atoms with E-state index in [2.05, 4.69) is 75.6 Å². The maximum atomic E-state index is 3.99. The third-order valence-electron chi connectivity index (χ3n) is 4.17. The molecule has 0 saturated carbocycles. The summed E-state index contributed by atoms with van der Waals surface area (Å²) < 4.78 is 0. The van der Waals surface area contributed by atoms with Crippen molar-refractivity contribution < 1.29 is 0 Å². The van der Waals surface area contributed by atoms with Crippen LogP contribution < -0.4 is 0 Å². The number of hydrogen-bond donors (Lipinski definition) is 1. The van der Waals surface area contributed by atoms with E-state index in [-0.39, 0.29) is 0 Å². The van der Waals surface area contributed by atoms with Gasteiger partial charge in [0.05, 0.1) is 0 Å². The van der Waals surface area contributed by atoms with Crippen molar-refractivity contribution in [1.82, 2.24) is 4.98 Å². The van der Waals surface area contributed by atoms with Crippen molar-refractivity contribution in [2.24, 2.45) is 5.92 Å². The first-order valence-corrected chi connectivity index (χ1v) is 14.3. The zero-order chi connectivity index (χ0) is 30.1. The summed E-state index contributed by atoms with van der Waals surface area (Å²) in [5, 5.41) is 1.36. The smallest absolute Gasteiger partial charge is 0.0456 e. The molecular weight excluding hydrogens is 446 g/mol. The lowest BCUT2D eigenvalue weighted by molar-refractivity contribution is 0.593. The fourth-order valence-electron chi connectivity index (χ4n) is 2.70. The van der Waals surface area contributed by atoms with Gasteiger partial charge in [0.15, 0.2) is 0 Å². The number of aromatic nitrogens is 1. The molecule has 2 rings (SSSR count). The monoisotopic (exact) mass is 509 g/mol. The molecule has 212 valence electrons. The Morgan fingerprint density at radius 3 is 1.86 bits per heavy atom. The summed E-state index contributed by atoms with van der Waals surface area (Å²) in [6.07, 6.45) is 16.9. The fraction of sp³-hybridized carbons (Fsp3) is 0.444. The lowest BCUT2D eigenvalue weighted by atomic mass is 9.98. The molecule has 1 heteroatoms. The molecule has 0 saturated heterocycles. The fourth-order valence-corrected chi connectivity index (χ4v) is 2.70. The Morgan fingerprint density at radius 1 is 0.919 bits per heavy atom. The van der Waals surface area contributed by atoms with Crippen LogP contribution >= 0.6 is 0 Å². The minimum atomic E-state index is 0.639. The number of rotatable bonds is 8. The van der Waals surface area contributed by atoms with E-state index in [1.54, 1.807) is 6.08 Å². The molecule has 0 aliphatic carbocycles. The minimum absolute atomic E-state index is 0.639. The molecule has 1 nitrogen and oxygen atoms in total. The van der Waals surface area contributed by atoms with Crippen molar-refractivity contribution in [2.75, 3.05) is 0 Å². The number of allylic oxidation sites excluding steroid dienone is 8. The zero-order valence-electron chi connectivity index (χ0n) is 26.9. The Bertz CT molecular complexity index is 814. The van der Waals surface area contributed by atoms with Gasteiger partial charge in [0.1, 0.15) is 0 Å². The summed E-state index contributed by atoms with van der Waals surface area (Å²) in [6.45, 7) is 39.3. The predicted molar refractivity (Wildman–Crippen MR) is 180 cm³/mol. The molecule has 0 spiro atoms. The molecule has 1 atom stereocenters. The topological polar surface area (TPSA) is 15.8 Å². The zero-order valence-corrected chi connectivity index (χ0v) is 26.9. The van der Waals surface area contributed by atoms with Crippen LogP contribution in [0.3, 0.4) is 0 Å². The Morgan fingerprint density at radius 2 is 1.46 bits per heavy atom. The highest BCUT2D eigenvalue weighted by Gasteiger charge is 1.99. The van der Waals surface area contributed by atoms with Gasteiger partial charge in [0.2, 0.25) is 0 Å². The normalized spacial score (nSPS) is 9.51. The Labute approximate surface area is 233 Å². The molecule has 1 heterocycles. The van der Waals surface area contributed by atoms with E-state index >= 15 is 0 Å². The molecule has 1 aromatic carbocycles. The van der Waals surface area contributed by atoms with Gasteiger partial charge < -0.3 is 4.98 Å². The van der Waals surface area contributed by atoms with E-state index in [9.17, 15) is 0 Å². The molecular formula is C36H63N. The second kappa shape index (κ2) is 37.7. The largest absolute Gasteiger partial charge is 0.361 e. The van der Waals surface area contributed by atoms with Crippen LogP contribution in [0.5, 0.6) is 0 Å². The van der Waals surface area contributed by atoms with Gasteiger partial charge in [-0.15, -0.1) is 6.58 Å². The van der Waals surface area contributed by atoms with Gasteiger partial charge in [0.25, 0.3) is 0 Å². The summed E-state index contributed by atoms with van der Waals surface area (Å²) in [6, 6.07) is 8.40. The highest BCUT2D eigenvalue weighted by Crippen LogP contribution is 2.17. The van der Waals surface area contributed by atoms with Crippen LogP contribution in [-0.4, -0.2) is 4.98 Å². The molecule has 0 bridgehead atoms. The van der Waals surface area contributed by atoms with E-state index in [1.165, 1.54) is 16.5 Å². The third-order valence-corrected chi connectivity index (χ3v) is 4.17. The van der Waals surface area contributed by atoms with Crippen LogP contribution in [0, 0.1) is 5.92 Å². The highest BCUT2D eigenvalue weighted by atomic mass is 14.7. The Balaban J connectivity index is -0.000000128. The molecule has 1 N–H and O–H groups in total. The van der Waals surface area contributed by atoms with Crippen LogP contribution in [0.25, 0.3) is 10.9 Å². The van der Waals surface area contributed by atoms with Crippen LogP contribution in [-0.2, 0) is 6.42 Å². The van der Waals surface area contributed by atoms with Gasteiger partial charge in [-0.05, 0) is 50.7 Å². The van der Waals surface area contributed by atoms with Crippen LogP contribution in [0.2, 0.25) is 0 Å². The Kier molecular flexibility index (Phi) is 45.1. The third kappa shape index (κ3) is 29.3. The lowest BCUT2D eigenvalue weighted by Gasteiger charge is -2.07. The van der Waals surface area contributed by atoms with Gasteiger partial charge in [0, 0.05) is 17.1 Å². The van der Waals surface area contributed by atoms with Gasteiger partial charge in [-0.2, -0.15) is 0 Å². The van der Waals surface area contributed by atoms with E-state index in [1.807, 2.05) is 99.6 Å².